The number of carbonyl (C=O) groups is 1. The van der Waals surface area contributed by atoms with Crippen LogP contribution in [-0.4, -0.2) is 25.7 Å². The number of halogens is 1. The van der Waals surface area contributed by atoms with Crippen molar-refractivity contribution in [3.8, 4) is 11.5 Å². The molecule has 0 radical (unpaired) electrons. The zero-order chi connectivity index (χ0) is 18.6. The number of rotatable bonds is 3. The Morgan fingerprint density at radius 3 is 2.78 bits per heavy atom. The molecule has 1 amide bonds. The van der Waals surface area contributed by atoms with Crippen LogP contribution in [0.1, 0.15) is 23.1 Å². The van der Waals surface area contributed by atoms with Crippen LogP contribution in [-0.2, 0) is 17.8 Å². The Labute approximate surface area is 157 Å². The molecule has 0 atom stereocenters. The molecule has 2 aliphatic heterocycles. The van der Waals surface area contributed by atoms with Crippen molar-refractivity contribution in [1.29, 1.82) is 0 Å². The second-order valence-corrected chi connectivity index (χ2v) is 6.55. The van der Waals surface area contributed by atoms with E-state index in [1.165, 1.54) is 12.1 Å². The number of fused-ring (bicyclic) bond motifs is 2. The number of benzene rings is 2. The number of nitrogens with one attached hydrogen (secondary N) is 2. The van der Waals surface area contributed by atoms with Gasteiger partial charge in [-0.05, 0) is 30.2 Å². The SMILES string of the molecule is O=C(/C=C1\NCCc2cc3c(cc21)OCCCO3)NCc1ccccc1F. The van der Waals surface area contributed by atoms with Crippen molar-refractivity contribution in [3.63, 3.8) is 0 Å². The molecule has 0 bridgehead atoms. The Hall–Kier alpha value is -3.02. The number of carbonyl (C=O) groups excluding carboxylic acids is 1. The molecule has 140 valence electrons. The summed E-state index contributed by atoms with van der Waals surface area (Å²) >= 11 is 0. The minimum Gasteiger partial charge on any atom is -0.490 e. The van der Waals surface area contributed by atoms with E-state index < -0.39 is 0 Å². The van der Waals surface area contributed by atoms with Crippen LogP contribution in [0.2, 0.25) is 0 Å². The summed E-state index contributed by atoms with van der Waals surface area (Å²) in [7, 11) is 0. The highest BCUT2D eigenvalue weighted by Gasteiger charge is 2.20. The first-order valence-electron chi connectivity index (χ1n) is 9.10. The first-order valence-corrected chi connectivity index (χ1v) is 9.10. The topological polar surface area (TPSA) is 59.6 Å². The lowest BCUT2D eigenvalue weighted by Crippen LogP contribution is -2.27. The molecule has 2 N–H and O–H groups in total. The normalized spacial score (nSPS) is 16.9. The minimum atomic E-state index is -0.327. The molecular weight excluding hydrogens is 347 g/mol. The molecule has 2 aromatic rings. The van der Waals surface area contributed by atoms with E-state index in [0.717, 1.165) is 42.0 Å². The predicted octanol–water partition coefficient (Wildman–Crippen LogP) is 2.79. The summed E-state index contributed by atoms with van der Waals surface area (Å²) in [5.74, 6) is 0.858. The molecule has 2 aliphatic rings. The average molecular weight is 368 g/mol. The van der Waals surface area contributed by atoms with Gasteiger partial charge in [-0.2, -0.15) is 0 Å². The monoisotopic (exact) mass is 368 g/mol. The smallest absolute Gasteiger partial charge is 0.246 e. The maximum atomic E-state index is 13.7. The standard InChI is InChI=1S/C21H21FN2O3/c22-17-5-2-1-4-15(17)13-24-21(25)12-18-16-11-20-19(26-8-3-9-27-20)10-14(16)6-7-23-18/h1-2,4-5,10-12,23H,3,6-9,13H2,(H,24,25)/b18-12-. The van der Waals surface area contributed by atoms with Crippen LogP contribution >= 0.6 is 0 Å². The van der Waals surface area contributed by atoms with E-state index in [0.29, 0.717) is 24.5 Å². The van der Waals surface area contributed by atoms with Crippen molar-refractivity contribution < 1.29 is 18.7 Å². The maximum absolute atomic E-state index is 13.7. The minimum absolute atomic E-state index is 0.142. The molecule has 6 heteroatoms. The predicted molar refractivity (Wildman–Crippen MR) is 100.0 cm³/mol. The van der Waals surface area contributed by atoms with Gasteiger partial charge in [-0.15, -0.1) is 0 Å². The van der Waals surface area contributed by atoms with Gasteiger partial charge in [0.05, 0.1) is 13.2 Å². The summed E-state index contributed by atoms with van der Waals surface area (Å²) in [5.41, 5.74) is 3.24. The van der Waals surface area contributed by atoms with Gasteiger partial charge >= 0.3 is 0 Å². The fraction of sp³-hybridized carbons (Fsp3) is 0.286. The number of hydrogen-bond acceptors (Lipinski definition) is 4. The summed E-state index contributed by atoms with van der Waals surface area (Å²) < 4.78 is 25.2. The largest absolute Gasteiger partial charge is 0.490 e. The zero-order valence-corrected chi connectivity index (χ0v) is 14.9. The maximum Gasteiger partial charge on any atom is 0.246 e. The van der Waals surface area contributed by atoms with Gasteiger partial charge in [0.25, 0.3) is 0 Å². The third kappa shape index (κ3) is 3.89. The van der Waals surface area contributed by atoms with Gasteiger partial charge in [-0.3, -0.25) is 4.79 Å². The molecule has 4 rings (SSSR count). The Morgan fingerprint density at radius 2 is 1.96 bits per heavy atom. The fourth-order valence-electron chi connectivity index (χ4n) is 3.27. The fourth-order valence-corrected chi connectivity index (χ4v) is 3.27. The average Bonchev–Trinajstić information content (AvgIpc) is 2.91. The molecule has 0 aromatic heterocycles. The van der Waals surface area contributed by atoms with E-state index >= 15 is 0 Å². The van der Waals surface area contributed by atoms with Crippen molar-refractivity contribution in [2.24, 2.45) is 0 Å². The summed E-state index contributed by atoms with van der Waals surface area (Å²) in [4.78, 5) is 12.3. The summed E-state index contributed by atoms with van der Waals surface area (Å²) in [6.45, 7) is 2.13. The molecule has 27 heavy (non-hydrogen) atoms. The summed E-state index contributed by atoms with van der Waals surface area (Å²) in [5, 5.41) is 6.01. The van der Waals surface area contributed by atoms with Crippen molar-refractivity contribution >= 4 is 11.6 Å². The molecule has 0 unspecified atom stereocenters. The molecule has 2 heterocycles. The Bertz CT molecular complexity index is 895. The third-order valence-corrected chi connectivity index (χ3v) is 4.66. The number of amides is 1. The molecule has 0 spiro atoms. The van der Waals surface area contributed by atoms with E-state index in [9.17, 15) is 9.18 Å². The van der Waals surface area contributed by atoms with Crippen LogP contribution in [0, 0.1) is 5.82 Å². The molecule has 0 fully saturated rings. The van der Waals surface area contributed by atoms with E-state index in [4.69, 9.17) is 9.47 Å². The molecule has 2 aromatic carbocycles. The van der Waals surface area contributed by atoms with Crippen molar-refractivity contribution in [1.82, 2.24) is 10.6 Å². The van der Waals surface area contributed by atoms with Crippen molar-refractivity contribution in [2.75, 3.05) is 19.8 Å². The third-order valence-electron chi connectivity index (χ3n) is 4.66. The lowest BCUT2D eigenvalue weighted by Gasteiger charge is -2.23. The van der Waals surface area contributed by atoms with Gasteiger partial charge in [-0.25, -0.2) is 4.39 Å². The molecular formula is C21H21FN2O3. The summed E-state index contributed by atoms with van der Waals surface area (Å²) in [6, 6.07) is 10.3. The van der Waals surface area contributed by atoms with E-state index in [1.807, 2.05) is 12.1 Å². The number of ether oxygens (including phenoxy) is 2. The first-order chi connectivity index (χ1) is 13.2. The second-order valence-electron chi connectivity index (χ2n) is 6.55. The summed E-state index contributed by atoms with van der Waals surface area (Å²) in [6.07, 6.45) is 3.21. The van der Waals surface area contributed by atoms with Gasteiger partial charge in [0.2, 0.25) is 5.91 Å². The number of hydrogen-bond donors (Lipinski definition) is 2. The highest BCUT2D eigenvalue weighted by atomic mass is 19.1. The quantitative estimate of drug-likeness (QED) is 0.818. The van der Waals surface area contributed by atoms with Crippen LogP contribution in [0.3, 0.4) is 0 Å². The van der Waals surface area contributed by atoms with Gasteiger partial charge in [-0.1, -0.05) is 18.2 Å². The van der Waals surface area contributed by atoms with Gasteiger partial charge in [0.1, 0.15) is 5.82 Å². The van der Waals surface area contributed by atoms with Crippen LogP contribution in [0.4, 0.5) is 4.39 Å². The Balaban J connectivity index is 1.53. The molecule has 0 saturated carbocycles. The van der Waals surface area contributed by atoms with Crippen LogP contribution in [0.25, 0.3) is 5.70 Å². The van der Waals surface area contributed by atoms with E-state index in [1.54, 1.807) is 18.2 Å². The lowest BCUT2D eigenvalue weighted by molar-refractivity contribution is -0.116. The lowest BCUT2D eigenvalue weighted by atomic mass is 9.96. The van der Waals surface area contributed by atoms with Crippen LogP contribution in [0.5, 0.6) is 11.5 Å². The van der Waals surface area contributed by atoms with Gasteiger partial charge in [0, 0.05) is 42.4 Å². The van der Waals surface area contributed by atoms with E-state index in [-0.39, 0.29) is 18.3 Å². The van der Waals surface area contributed by atoms with Crippen LogP contribution in [0.15, 0.2) is 42.5 Å². The van der Waals surface area contributed by atoms with Gasteiger partial charge < -0.3 is 20.1 Å². The molecule has 5 nitrogen and oxygen atoms in total. The molecule has 0 aliphatic carbocycles. The van der Waals surface area contributed by atoms with Crippen molar-refractivity contribution in [3.05, 3.63) is 65.0 Å². The Kier molecular flexibility index (Phi) is 4.96. The highest BCUT2D eigenvalue weighted by molar-refractivity contribution is 5.95. The highest BCUT2D eigenvalue weighted by Crippen LogP contribution is 2.36. The zero-order valence-electron chi connectivity index (χ0n) is 14.9. The second kappa shape index (κ2) is 7.70. The van der Waals surface area contributed by atoms with Crippen molar-refractivity contribution in [2.45, 2.75) is 19.4 Å². The van der Waals surface area contributed by atoms with E-state index in [2.05, 4.69) is 10.6 Å². The van der Waals surface area contributed by atoms with Gasteiger partial charge in [0.15, 0.2) is 11.5 Å². The first kappa shape index (κ1) is 17.4. The Morgan fingerprint density at radius 1 is 1.19 bits per heavy atom. The molecule has 0 saturated heterocycles. The van der Waals surface area contributed by atoms with Crippen LogP contribution < -0.4 is 20.1 Å².